The quantitative estimate of drug-likeness (QED) is 0.895. The SMILES string of the molecule is Cc1c(-c2cc(C(=O)N3C[C@@H]4C(C)(C)C[C@]4(CN(C)C)C3)[nH]n2)cnn1C. The maximum atomic E-state index is 13.2. The number of fused-ring (bicyclic) bond motifs is 1. The fourth-order valence-electron chi connectivity index (χ4n) is 5.61. The van der Waals surface area contributed by atoms with E-state index in [-0.39, 0.29) is 11.3 Å². The molecular formula is C20H30N6O. The van der Waals surface area contributed by atoms with Crippen molar-refractivity contribution in [3.63, 3.8) is 0 Å². The molecule has 1 saturated carbocycles. The summed E-state index contributed by atoms with van der Waals surface area (Å²) in [6.07, 6.45) is 2.97. The third-order valence-electron chi connectivity index (χ3n) is 6.64. The van der Waals surface area contributed by atoms with Gasteiger partial charge in [0, 0.05) is 43.4 Å². The van der Waals surface area contributed by atoms with Gasteiger partial charge in [-0.25, -0.2) is 0 Å². The number of hydrogen-bond donors (Lipinski definition) is 1. The topological polar surface area (TPSA) is 70.1 Å². The smallest absolute Gasteiger partial charge is 0.271 e. The number of carbonyl (C=O) groups excluding carboxylic acids is 1. The lowest BCUT2D eigenvalue weighted by Gasteiger charge is -2.57. The molecule has 3 heterocycles. The van der Waals surface area contributed by atoms with Crippen LogP contribution >= 0.6 is 0 Å². The van der Waals surface area contributed by atoms with Crippen molar-refractivity contribution in [3.05, 3.63) is 23.7 Å². The van der Waals surface area contributed by atoms with Crippen LogP contribution in [0.25, 0.3) is 11.3 Å². The van der Waals surface area contributed by atoms with Gasteiger partial charge in [-0.05, 0) is 44.8 Å². The van der Waals surface area contributed by atoms with E-state index in [1.807, 2.05) is 29.6 Å². The number of aromatic amines is 1. The van der Waals surface area contributed by atoms with E-state index in [9.17, 15) is 4.79 Å². The molecule has 7 heteroatoms. The zero-order valence-corrected chi connectivity index (χ0v) is 17.2. The number of hydrogen-bond acceptors (Lipinski definition) is 4. The molecule has 2 atom stereocenters. The molecule has 2 aromatic rings. The van der Waals surface area contributed by atoms with Gasteiger partial charge in [0.25, 0.3) is 5.91 Å². The van der Waals surface area contributed by atoms with Crippen molar-refractivity contribution in [2.75, 3.05) is 33.7 Å². The minimum Gasteiger partial charge on any atom is -0.336 e. The Bertz CT molecular complexity index is 875. The Morgan fingerprint density at radius 2 is 2.15 bits per heavy atom. The summed E-state index contributed by atoms with van der Waals surface area (Å²) in [5.74, 6) is 0.609. The van der Waals surface area contributed by atoms with Gasteiger partial charge in [-0.3, -0.25) is 14.6 Å². The number of amides is 1. The van der Waals surface area contributed by atoms with E-state index in [2.05, 4.69) is 48.1 Å². The molecular weight excluding hydrogens is 340 g/mol. The molecule has 1 N–H and O–H groups in total. The molecule has 1 saturated heterocycles. The van der Waals surface area contributed by atoms with Crippen molar-refractivity contribution in [3.8, 4) is 11.3 Å². The van der Waals surface area contributed by atoms with Crippen LogP contribution in [-0.4, -0.2) is 69.4 Å². The molecule has 0 unspecified atom stereocenters. The summed E-state index contributed by atoms with van der Waals surface area (Å²) in [5.41, 5.74) is 3.86. The summed E-state index contributed by atoms with van der Waals surface area (Å²) >= 11 is 0. The normalized spacial score (nSPS) is 26.3. The van der Waals surface area contributed by atoms with Gasteiger partial charge in [0.05, 0.1) is 11.9 Å². The average molecular weight is 371 g/mol. The van der Waals surface area contributed by atoms with Crippen LogP contribution in [0.5, 0.6) is 0 Å². The number of likely N-dealkylation sites (tertiary alicyclic amines) is 1. The number of nitrogens with zero attached hydrogens (tertiary/aromatic N) is 5. The first-order valence-electron chi connectivity index (χ1n) is 9.61. The zero-order valence-electron chi connectivity index (χ0n) is 17.2. The van der Waals surface area contributed by atoms with Gasteiger partial charge in [0.1, 0.15) is 5.69 Å². The highest BCUT2D eigenvalue weighted by atomic mass is 16.2. The highest BCUT2D eigenvalue weighted by Crippen LogP contribution is 2.62. The Morgan fingerprint density at radius 1 is 1.41 bits per heavy atom. The Hall–Kier alpha value is -2.15. The summed E-state index contributed by atoms with van der Waals surface area (Å²) in [7, 11) is 6.15. The van der Waals surface area contributed by atoms with E-state index in [1.165, 1.54) is 6.42 Å². The zero-order chi connectivity index (χ0) is 19.6. The van der Waals surface area contributed by atoms with E-state index in [0.717, 1.165) is 36.6 Å². The molecule has 1 amide bonds. The molecule has 7 nitrogen and oxygen atoms in total. The molecule has 2 aliphatic rings. The number of carbonyl (C=O) groups is 1. The molecule has 27 heavy (non-hydrogen) atoms. The fourth-order valence-corrected chi connectivity index (χ4v) is 5.61. The van der Waals surface area contributed by atoms with Crippen LogP contribution in [0, 0.1) is 23.7 Å². The van der Waals surface area contributed by atoms with Crippen molar-refractivity contribution in [2.24, 2.45) is 23.8 Å². The molecule has 0 aromatic carbocycles. The largest absolute Gasteiger partial charge is 0.336 e. The standard InChI is InChI=1S/C20H30N6O/c1-13-14(8-21-25(13)6)15-7-16(23-22-15)18(27)26-9-17-19(2,3)10-20(17,12-26)11-24(4)5/h7-8,17H,9-12H2,1-6H3,(H,22,23)/t17-,20+/m1/s1. The Balaban J connectivity index is 1.55. The number of aromatic nitrogens is 4. The van der Waals surface area contributed by atoms with Crippen molar-refractivity contribution < 1.29 is 4.79 Å². The lowest BCUT2D eigenvalue weighted by atomic mass is 9.48. The molecule has 0 spiro atoms. The molecule has 0 bridgehead atoms. The number of rotatable bonds is 4. The second-order valence-corrected chi connectivity index (χ2v) is 9.44. The predicted molar refractivity (Wildman–Crippen MR) is 104 cm³/mol. The van der Waals surface area contributed by atoms with Crippen LogP contribution in [0.15, 0.2) is 12.3 Å². The maximum Gasteiger partial charge on any atom is 0.271 e. The van der Waals surface area contributed by atoms with Gasteiger partial charge < -0.3 is 9.80 Å². The second kappa shape index (κ2) is 5.92. The fraction of sp³-hybridized carbons (Fsp3) is 0.650. The van der Waals surface area contributed by atoms with Gasteiger partial charge in [0.2, 0.25) is 0 Å². The molecule has 2 fully saturated rings. The van der Waals surface area contributed by atoms with Crippen LogP contribution in [-0.2, 0) is 7.05 Å². The molecule has 146 valence electrons. The first kappa shape index (κ1) is 18.2. The van der Waals surface area contributed by atoms with Crippen molar-refractivity contribution in [1.82, 2.24) is 29.8 Å². The van der Waals surface area contributed by atoms with Gasteiger partial charge in [-0.2, -0.15) is 10.2 Å². The monoisotopic (exact) mass is 370 g/mol. The molecule has 2 aromatic heterocycles. The van der Waals surface area contributed by atoms with Crippen molar-refractivity contribution in [1.29, 1.82) is 0 Å². The van der Waals surface area contributed by atoms with Crippen LogP contribution in [0.4, 0.5) is 0 Å². The van der Waals surface area contributed by atoms with E-state index in [4.69, 9.17) is 0 Å². The van der Waals surface area contributed by atoms with Crippen LogP contribution in [0.1, 0.15) is 36.5 Å². The van der Waals surface area contributed by atoms with E-state index in [1.54, 1.807) is 6.20 Å². The van der Waals surface area contributed by atoms with Crippen molar-refractivity contribution >= 4 is 5.91 Å². The lowest BCUT2D eigenvalue weighted by molar-refractivity contribution is -0.0789. The van der Waals surface area contributed by atoms with E-state index < -0.39 is 0 Å². The van der Waals surface area contributed by atoms with E-state index >= 15 is 0 Å². The van der Waals surface area contributed by atoms with Crippen LogP contribution in [0.2, 0.25) is 0 Å². The Morgan fingerprint density at radius 3 is 2.74 bits per heavy atom. The number of H-pyrrole nitrogens is 1. The first-order valence-corrected chi connectivity index (χ1v) is 9.61. The average Bonchev–Trinajstić information content (AvgIpc) is 3.24. The molecule has 0 radical (unpaired) electrons. The highest BCUT2D eigenvalue weighted by Gasteiger charge is 2.63. The first-order chi connectivity index (χ1) is 12.6. The summed E-state index contributed by atoms with van der Waals surface area (Å²) in [6, 6.07) is 1.86. The number of nitrogens with one attached hydrogen (secondary N) is 1. The minimum atomic E-state index is 0.0543. The summed E-state index contributed by atoms with van der Waals surface area (Å²) in [4.78, 5) is 17.4. The van der Waals surface area contributed by atoms with Gasteiger partial charge >= 0.3 is 0 Å². The lowest BCUT2D eigenvalue weighted by Crippen LogP contribution is -2.57. The number of aryl methyl sites for hydroxylation is 1. The van der Waals surface area contributed by atoms with Crippen molar-refractivity contribution in [2.45, 2.75) is 27.2 Å². The van der Waals surface area contributed by atoms with Crippen LogP contribution in [0.3, 0.4) is 0 Å². The Kier molecular flexibility index (Phi) is 4.00. The van der Waals surface area contributed by atoms with Gasteiger partial charge in [0.15, 0.2) is 0 Å². The van der Waals surface area contributed by atoms with E-state index in [0.29, 0.717) is 17.0 Å². The predicted octanol–water partition coefficient (Wildman–Crippen LogP) is 2.17. The molecule has 1 aliphatic carbocycles. The highest BCUT2D eigenvalue weighted by molar-refractivity contribution is 5.93. The molecule has 4 rings (SSSR count). The third kappa shape index (κ3) is 2.79. The van der Waals surface area contributed by atoms with Gasteiger partial charge in [-0.1, -0.05) is 13.8 Å². The maximum absolute atomic E-state index is 13.2. The summed E-state index contributed by atoms with van der Waals surface area (Å²) in [6.45, 7) is 9.37. The third-order valence-corrected chi connectivity index (χ3v) is 6.64. The van der Waals surface area contributed by atoms with Gasteiger partial charge in [-0.15, -0.1) is 0 Å². The summed E-state index contributed by atoms with van der Waals surface area (Å²) < 4.78 is 1.82. The van der Waals surface area contributed by atoms with Crippen LogP contribution < -0.4 is 0 Å². The summed E-state index contributed by atoms with van der Waals surface area (Å²) in [5, 5.41) is 11.6. The molecule has 1 aliphatic heterocycles. The Labute approximate surface area is 160 Å². The minimum absolute atomic E-state index is 0.0543. The second-order valence-electron chi connectivity index (χ2n) is 9.44.